The molecule has 1 amide bonds. The molecule has 0 aromatic carbocycles. The van der Waals surface area contributed by atoms with E-state index in [1.54, 1.807) is 4.72 Å². The van der Waals surface area contributed by atoms with Crippen LogP contribution in [0.5, 0.6) is 0 Å². The fraction of sp³-hybridized carbons (Fsp3) is 0.652. The number of rotatable bonds is 14. The maximum atomic E-state index is 13.2. The predicted molar refractivity (Wildman–Crippen MR) is 144 cm³/mol. The summed E-state index contributed by atoms with van der Waals surface area (Å²) in [6, 6.07) is 0.722. The Kier molecular flexibility index (Phi) is 12.2. The lowest BCUT2D eigenvalue weighted by atomic mass is 10.1. The van der Waals surface area contributed by atoms with Crippen LogP contribution in [0, 0.1) is 0 Å². The number of carbonyl (C=O) groups excluding carboxylic acids is 4. The lowest BCUT2D eigenvalue weighted by molar-refractivity contribution is -0.178. The highest BCUT2D eigenvalue weighted by Crippen LogP contribution is 2.40. The monoisotopic (exact) mass is 641 g/mol. The number of esters is 3. The van der Waals surface area contributed by atoms with Crippen LogP contribution in [0.3, 0.4) is 0 Å². The van der Waals surface area contributed by atoms with Gasteiger partial charge in [-0.15, -0.1) is 11.3 Å². The van der Waals surface area contributed by atoms with Gasteiger partial charge in [-0.05, 0) is 39.8 Å². The molecule has 2 N–H and O–H groups in total. The lowest BCUT2D eigenvalue weighted by Gasteiger charge is -2.32. The van der Waals surface area contributed by atoms with E-state index in [-0.39, 0.29) is 22.9 Å². The van der Waals surface area contributed by atoms with Crippen molar-refractivity contribution in [2.24, 2.45) is 0 Å². The van der Waals surface area contributed by atoms with Gasteiger partial charge in [0, 0.05) is 45.3 Å². The third kappa shape index (κ3) is 8.92. The summed E-state index contributed by atoms with van der Waals surface area (Å²) in [6.07, 6.45) is -3.99. The first-order chi connectivity index (χ1) is 19.0. The van der Waals surface area contributed by atoms with Crippen molar-refractivity contribution >= 4 is 55.2 Å². The number of hydrogen-bond acceptors (Lipinski definition) is 14. The van der Waals surface area contributed by atoms with Gasteiger partial charge in [0.05, 0.1) is 0 Å². The van der Waals surface area contributed by atoms with Crippen LogP contribution in [0.4, 0.5) is 0 Å². The third-order valence-electron chi connectivity index (χ3n) is 5.71. The molecule has 1 aliphatic rings. The number of fused-ring (bicyclic) bond motifs is 1. The third-order valence-corrected chi connectivity index (χ3v) is 11.1. The molecule has 0 saturated carbocycles. The fourth-order valence-corrected chi connectivity index (χ4v) is 8.61. The molecule has 1 aliphatic heterocycles. The van der Waals surface area contributed by atoms with E-state index in [1.807, 2.05) is 6.92 Å². The van der Waals surface area contributed by atoms with E-state index < -0.39 is 72.4 Å². The Hall–Kier alpha value is -2.64. The maximum absolute atomic E-state index is 13.2. The van der Waals surface area contributed by atoms with E-state index >= 15 is 0 Å². The number of amides is 1. The zero-order chi connectivity index (χ0) is 31.1. The molecule has 1 aromatic rings. The quantitative estimate of drug-likeness (QED) is 0.157. The fourth-order valence-electron chi connectivity index (χ4n) is 3.68. The summed E-state index contributed by atoms with van der Waals surface area (Å²) in [5, 5.41) is 3.15. The normalized spacial score (nSPS) is 18.8. The first-order valence-corrected chi connectivity index (χ1v) is 16.3. The van der Waals surface area contributed by atoms with Gasteiger partial charge in [0.1, 0.15) is 8.42 Å². The van der Waals surface area contributed by atoms with Crippen LogP contribution in [0.25, 0.3) is 0 Å². The van der Waals surface area contributed by atoms with E-state index in [9.17, 15) is 36.0 Å². The minimum atomic E-state index is -4.56. The largest absolute Gasteiger partial charge is 0.451 e. The van der Waals surface area contributed by atoms with Crippen molar-refractivity contribution in [3.63, 3.8) is 0 Å². The molecule has 1 aromatic heterocycles. The summed E-state index contributed by atoms with van der Waals surface area (Å²) in [7, 11) is -7.07. The Morgan fingerprint density at radius 1 is 1.07 bits per heavy atom. The molecule has 4 atom stereocenters. The van der Waals surface area contributed by atoms with E-state index in [0.29, 0.717) is 30.9 Å². The Morgan fingerprint density at radius 2 is 1.66 bits per heavy atom. The van der Waals surface area contributed by atoms with Gasteiger partial charge in [-0.3, -0.25) is 9.59 Å². The molecule has 2 heterocycles. The van der Waals surface area contributed by atoms with Gasteiger partial charge < -0.3 is 24.3 Å². The number of nitrogens with zero attached hydrogens (tertiary/aromatic N) is 1. The van der Waals surface area contributed by atoms with Crippen molar-refractivity contribution in [1.29, 1.82) is 0 Å². The van der Waals surface area contributed by atoms with Gasteiger partial charge in [0.15, 0.2) is 18.3 Å². The number of hydrogen-bond donors (Lipinski definition) is 2. The molecule has 18 heteroatoms. The molecule has 15 nitrogen and oxygen atoms in total. The minimum Gasteiger partial charge on any atom is -0.451 e. The highest BCUT2D eigenvalue weighted by molar-refractivity contribution is 7.94. The van der Waals surface area contributed by atoms with Gasteiger partial charge >= 0.3 is 17.9 Å². The van der Waals surface area contributed by atoms with E-state index in [2.05, 4.69) is 10.1 Å². The Bertz CT molecular complexity index is 1340. The minimum absolute atomic E-state index is 0.0882. The van der Waals surface area contributed by atoms with E-state index in [0.717, 1.165) is 20.8 Å². The van der Waals surface area contributed by atoms with Crippen LogP contribution in [0.1, 0.15) is 52.6 Å². The smallest absolute Gasteiger partial charge is 0.347 e. The van der Waals surface area contributed by atoms with E-state index in [1.165, 1.54) is 24.4 Å². The van der Waals surface area contributed by atoms with Gasteiger partial charge in [-0.1, -0.05) is 6.92 Å². The standard InChI is InChI=1S/C23H35N3O12S3/c1-7-24-18-12-26(9-8-10-35-6)41(33,34)23-17(18)11-19(39-23)40(31,32)25-20(28)13(2)37-22(30)15(4)38-21(29)14(3)36-16(5)27/h11,13-15,18,24H,7-10,12H2,1-6H3,(H,25,28)/t13-,14-,15-,18-/m0/s1. The molecule has 0 spiro atoms. The maximum Gasteiger partial charge on any atom is 0.347 e. The van der Waals surface area contributed by atoms with Crippen molar-refractivity contribution in [3.8, 4) is 0 Å². The average Bonchev–Trinajstić information content (AvgIpc) is 3.34. The highest BCUT2D eigenvalue weighted by atomic mass is 32.3. The summed E-state index contributed by atoms with van der Waals surface area (Å²) in [5.74, 6) is -4.15. The van der Waals surface area contributed by atoms with Crippen molar-refractivity contribution in [2.75, 3.05) is 33.4 Å². The van der Waals surface area contributed by atoms with Crippen molar-refractivity contribution in [1.82, 2.24) is 14.3 Å². The van der Waals surface area contributed by atoms with Gasteiger partial charge in [0.2, 0.25) is 0 Å². The Balaban J connectivity index is 2.15. The van der Waals surface area contributed by atoms with E-state index in [4.69, 9.17) is 14.2 Å². The zero-order valence-corrected chi connectivity index (χ0v) is 25.9. The molecule has 232 valence electrons. The number of likely N-dealkylation sites (N-methyl/N-ethyl adjacent to an activating group) is 1. The molecular formula is C23H35N3O12S3. The predicted octanol–water partition coefficient (Wildman–Crippen LogP) is 0.0594. The van der Waals surface area contributed by atoms with Crippen molar-refractivity contribution in [2.45, 2.75) is 73.8 Å². The molecule has 0 unspecified atom stereocenters. The summed E-state index contributed by atoms with van der Waals surface area (Å²) in [5.41, 5.74) is 0.269. The van der Waals surface area contributed by atoms with Crippen molar-refractivity contribution in [3.05, 3.63) is 11.6 Å². The SMILES string of the molecule is CCN[C@H]1CN(CCCOC)S(=O)(=O)c2sc(S(=O)(=O)NC(=O)[C@H](C)OC(=O)[C@H](C)OC(=O)[C@H](C)OC(C)=O)cc21. The Labute approximate surface area is 242 Å². The van der Waals surface area contributed by atoms with Crippen LogP contribution >= 0.6 is 11.3 Å². The molecule has 2 rings (SSSR count). The molecular weight excluding hydrogens is 606 g/mol. The van der Waals surface area contributed by atoms with Crippen LogP contribution in [-0.2, 0) is 58.2 Å². The first kappa shape index (κ1) is 34.6. The van der Waals surface area contributed by atoms with Crippen LogP contribution in [-0.4, -0.2) is 96.6 Å². The number of thiophene rings is 1. The molecule has 0 fully saturated rings. The summed E-state index contributed by atoms with van der Waals surface area (Å²) < 4.78 is 74.5. The molecule has 0 bridgehead atoms. The van der Waals surface area contributed by atoms with Gasteiger partial charge in [0.25, 0.3) is 26.0 Å². The second-order valence-corrected chi connectivity index (χ2v) is 14.1. The average molecular weight is 642 g/mol. The number of sulfonamides is 2. The topological polar surface area (TPSA) is 201 Å². The Morgan fingerprint density at radius 3 is 2.22 bits per heavy atom. The highest BCUT2D eigenvalue weighted by Gasteiger charge is 2.40. The number of ether oxygens (including phenoxy) is 4. The second kappa shape index (κ2) is 14.5. The van der Waals surface area contributed by atoms with Gasteiger partial charge in [-0.2, -0.15) is 4.31 Å². The number of carbonyl (C=O) groups is 4. The molecule has 0 aliphatic carbocycles. The van der Waals surface area contributed by atoms with Crippen LogP contribution in [0.2, 0.25) is 0 Å². The first-order valence-electron chi connectivity index (χ1n) is 12.6. The summed E-state index contributed by atoms with van der Waals surface area (Å²) >= 11 is 0.503. The number of nitrogens with one attached hydrogen (secondary N) is 2. The molecule has 0 saturated heterocycles. The lowest BCUT2D eigenvalue weighted by Crippen LogP contribution is -2.43. The summed E-state index contributed by atoms with van der Waals surface area (Å²) in [4.78, 5) is 47.8. The second-order valence-electron chi connectivity index (χ2n) is 9.01. The van der Waals surface area contributed by atoms with Crippen LogP contribution in [0.15, 0.2) is 14.5 Å². The van der Waals surface area contributed by atoms with Crippen LogP contribution < -0.4 is 10.0 Å². The zero-order valence-electron chi connectivity index (χ0n) is 23.5. The van der Waals surface area contributed by atoms with Crippen molar-refractivity contribution < 1.29 is 55.0 Å². The molecule has 41 heavy (non-hydrogen) atoms. The van der Waals surface area contributed by atoms with Gasteiger partial charge in [-0.25, -0.2) is 31.1 Å². The molecule has 0 radical (unpaired) electrons. The number of methoxy groups -OCH3 is 1. The summed E-state index contributed by atoms with van der Waals surface area (Å²) in [6.45, 7) is 7.49.